The fourth-order valence-corrected chi connectivity index (χ4v) is 5.69. The molecule has 5 rings (SSSR count). The van der Waals surface area contributed by atoms with E-state index in [1.807, 2.05) is 24.1 Å². The second-order valence-electron chi connectivity index (χ2n) is 8.74. The molecule has 10 heteroatoms. The molecule has 1 aromatic carbocycles. The molecule has 3 aromatic rings. The van der Waals surface area contributed by atoms with E-state index in [0.717, 1.165) is 32.0 Å². The Hall–Kier alpha value is -2.52. The number of ether oxygens (including phenoxy) is 1. The molecular formula is C24H24Cl2N6OS. The molecule has 1 spiro atoms. The molecule has 0 aliphatic carbocycles. The first-order valence-corrected chi connectivity index (χ1v) is 12.7. The highest BCUT2D eigenvalue weighted by Gasteiger charge is 2.51. The van der Waals surface area contributed by atoms with E-state index in [4.69, 9.17) is 39.1 Å². The minimum atomic E-state index is 0.180. The van der Waals surface area contributed by atoms with E-state index in [-0.39, 0.29) is 12.3 Å². The largest absolute Gasteiger partial charge is 0.489 e. The molecule has 0 unspecified atom stereocenters. The van der Waals surface area contributed by atoms with Crippen molar-refractivity contribution in [3.63, 3.8) is 0 Å². The summed E-state index contributed by atoms with van der Waals surface area (Å²) in [6, 6.07) is 9.14. The van der Waals surface area contributed by atoms with Gasteiger partial charge in [0.1, 0.15) is 18.2 Å². The van der Waals surface area contributed by atoms with Crippen LogP contribution in [0.5, 0.6) is 5.75 Å². The molecule has 0 saturated carbocycles. The van der Waals surface area contributed by atoms with Crippen LogP contribution in [-0.4, -0.2) is 52.4 Å². The maximum atomic E-state index is 8.71. The van der Waals surface area contributed by atoms with Crippen molar-refractivity contribution in [3.05, 3.63) is 75.7 Å². The molecule has 2 fully saturated rings. The molecule has 3 N–H and O–H groups in total. The summed E-state index contributed by atoms with van der Waals surface area (Å²) in [6.45, 7) is 4.53. The minimum absolute atomic E-state index is 0.180. The summed E-state index contributed by atoms with van der Waals surface area (Å²) in [5, 5.41) is 9.59. The zero-order valence-corrected chi connectivity index (χ0v) is 20.9. The maximum Gasteiger partial charge on any atom is 0.128 e. The number of hydrogen-bond acceptors (Lipinski definition) is 8. The highest BCUT2D eigenvalue weighted by Crippen LogP contribution is 2.43. The second kappa shape index (κ2) is 9.26. The van der Waals surface area contributed by atoms with Gasteiger partial charge in [0.2, 0.25) is 0 Å². The van der Waals surface area contributed by atoms with E-state index >= 15 is 0 Å². The molecule has 2 aromatic heterocycles. The first-order valence-electron chi connectivity index (χ1n) is 10.8. The van der Waals surface area contributed by atoms with Gasteiger partial charge in [-0.05, 0) is 36.6 Å². The van der Waals surface area contributed by atoms with E-state index in [9.17, 15) is 0 Å². The van der Waals surface area contributed by atoms with Gasteiger partial charge < -0.3 is 15.4 Å². The lowest BCUT2D eigenvalue weighted by molar-refractivity contribution is 0.0474. The molecule has 0 radical (unpaired) electrons. The Balaban J connectivity index is 1.25. The van der Waals surface area contributed by atoms with Crippen LogP contribution in [0.1, 0.15) is 16.7 Å². The van der Waals surface area contributed by atoms with Gasteiger partial charge in [-0.1, -0.05) is 35.1 Å². The normalized spacial score (nSPS) is 16.7. The van der Waals surface area contributed by atoms with Crippen LogP contribution in [0.2, 0.25) is 10.0 Å². The monoisotopic (exact) mass is 514 g/mol. The van der Waals surface area contributed by atoms with E-state index in [0.29, 0.717) is 43.6 Å². The van der Waals surface area contributed by atoms with E-state index in [2.05, 4.69) is 25.4 Å². The van der Waals surface area contributed by atoms with Crippen molar-refractivity contribution in [2.24, 2.45) is 5.41 Å². The first-order chi connectivity index (χ1) is 16.4. The van der Waals surface area contributed by atoms with E-state index < -0.39 is 0 Å². The lowest BCUT2D eigenvalue weighted by Gasteiger charge is -2.60. The van der Waals surface area contributed by atoms with Crippen LogP contribution in [0.25, 0.3) is 0 Å². The van der Waals surface area contributed by atoms with Gasteiger partial charge in [0.25, 0.3) is 0 Å². The third kappa shape index (κ3) is 4.43. The Labute approximate surface area is 212 Å². The maximum absolute atomic E-state index is 8.71. The molecule has 7 nitrogen and oxygen atoms in total. The SMILES string of the molecule is CSN1CC2(C1)CN(c1ccc(C(=N)c3cc(OCc4c(Cl)cncc4Cl)ccc3N)cn1)C2. The fourth-order valence-electron chi connectivity index (χ4n) is 4.41. The lowest BCUT2D eigenvalue weighted by atomic mass is 9.74. The number of aromatic nitrogens is 2. The number of hydrogen-bond donors (Lipinski definition) is 2. The number of nitrogens with zero attached hydrogens (tertiary/aromatic N) is 4. The molecule has 4 heterocycles. The summed E-state index contributed by atoms with van der Waals surface area (Å²) < 4.78 is 8.27. The molecule has 0 atom stereocenters. The number of benzene rings is 1. The summed E-state index contributed by atoms with van der Waals surface area (Å²) in [4.78, 5) is 10.9. The van der Waals surface area contributed by atoms with E-state index in [1.54, 1.807) is 24.4 Å². The van der Waals surface area contributed by atoms with Gasteiger partial charge in [-0.2, -0.15) is 0 Å². The number of halogens is 2. The van der Waals surface area contributed by atoms with Crippen LogP contribution >= 0.6 is 35.1 Å². The Morgan fingerprint density at radius 1 is 1.12 bits per heavy atom. The molecule has 2 aliphatic rings. The Kier molecular flexibility index (Phi) is 6.33. The smallest absolute Gasteiger partial charge is 0.128 e. The first kappa shape index (κ1) is 23.2. The Morgan fingerprint density at radius 2 is 1.85 bits per heavy atom. The van der Waals surface area contributed by atoms with Crippen molar-refractivity contribution in [1.29, 1.82) is 5.41 Å². The molecule has 0 bridgehead atoms. The number of rotatable bonds is 7. The number of pyridine rings is 2. The van der Waals surface area contributed by atoms with Gasteiger partial charge in [0.05, 0.1) is 15.8 Å². The predicted octanol–water partition coefficient (Wildman–Crippen LogP) is 4.76. The molecule has 34 heavy (non-hydrogen) atoms. The van der Waals surface area contributed by atoms with Crippen LogP contribution in [0, 0.1) is 10.8 Å². The van der Waals surface area contributed by atoms with Gasteiger partial charge in [-0.15, -0.1) is 0 Å². The molecule has 2 aliphatic heterocycles. The zero-order valence-electron chi connectivity index (χ0n) is 18.6. The van der Waals surface area contributed by atoms with Crippen molar-refractivity contribution in [2.75, 3.05) is 43.1 Å². The molecule has 2 saturated heterocycles. The van der Waals surface area contributed by atoms with Gasteiger partial charge in [0, 0.05) is 72.6 Å². The summed E-state index contributed by atoms with van der Waals surface area (Å²) in [7, 11) is 0. The standard InChI is InChI=1S/C24H24Cl2N6OS/c1-34-32-13-24(14-32)11-31(12-24)22-5-2-15(7-30-22)23(28)17-6-16(3-4-21(17)27)33-10-18-19(25)8-29-9-20(18)26/h2-9,28H,10-14,27H2,1H3. The average Bonchev–Trinajstić information content (AvgIpc) is 2.78. The van der Waals surface area contributed by atoms with Crippen LogP contribution in [0.3, 0.4) is 0 Å². The zero-order chi connectivity index (χ0) is 23.9. The third-order valence-corrected chi connectivity index (χ3v) is 7.75. The number of anilines is 2. The summed E-state index contributed by atoms with van der Waals surface area (Å²) in [5.74, 6) is 1.51. The molecule has 0 amide bonds. The quantitative estimate of drug-likeness (QED) is 0.266. The Morgan fingerprint density at radius 3 is 2.50 bits per heavy atom. The lowest BCUT2D eigenvalue weighted by Crippen LogP contribution is -2.70. The highest BCUT2D eigenvalue weighted by molar-refractivity contribution is 7.96. The van der Waals surface area contributed by atoms with Crippen LogP contribution in [0.15, 0.2) is 48.9 Å². The van der Waals surface area contributed by atoms with Gasteiger partial charge in [-0.25, -0.2) is 9.29 Å². The minimum Gasteiger partial charge on any atom is -0.489 e. The Bertz CT molecular complexity index is 1200. The van der Waals surface area contributed by atoms with E-state index in [1.165, 1.54) is 12.4 Å². The van der Waals surface area contributed by atoms with Crippen molar-refractivity contribution >= 4 is 52.4 Å². The number of nitrogens with two attached hydrogens (primary N) is 1. The van der Waals surface area contributed by atoms with Gasteiger partial charge in [-0.3, -0.25) is 10.4 Å². The van der Waals surface area contributed by atoms with Crippen molar-refractivity contribution in [2.45, 2.75) is 6.61 Å². The van der Waals surface area contributed by atoms with Crippen LogP contribution in [-0.2, 0) is 6.61 Å². The van der Waals surface area contributed by atoms with Gasteiger partial charge >= 0.3 is 0 Å². The van der Waals surface area contributed by atoms with Crippen molar-refractivity contribution in [1.82, 2.24) is 14.3 Å². The second-order valence-corrected chi connectivity index (χ2v) is 10.4. The third-order valence-electron chi connectivity index (χ3n) is 6.32. The summed E-state index contributed by atoms with van der Waals surface area (Å²) in [5.41, 5.74) is 9.32. The number of nitrogens with one attached hydrogen (secondary N) is 1. The summed E-state index contributed by atoms with van der Waals surface area (Å²) >= 11 is 14.2. The van der Waals surface area contributed by atoms with Gasteiger partial charge in [0.15, 0.2) is 0 Å². The number of nitrogen functional groups attached to an aromatic ring is 1. The van der Waals surface area contributed by atoms with Crippen molar-refractivity contribution in [3.8, 4) is 5.75 Å². The van der Waals surface area contributed by atoms with Crippen LogP contribution < -0.4 is 15.4 Å². The van der Waals surface area contributed by atoms with Crippen molar-refractivity contribution < 1.29 is 4.74 Å². The topological polar surface area (TPSA) is 91.4 Å². The fraction of sp³-hybridized carbons (Fsp3) is 0.292. The molecule has 176 valence electrons. The predicted molar refractivity (Wildman–Crippen MR) is 139 cm³/mol. The summed E-state index contributed by atoms with van der Waals surface area (Å²) in [6.07, 6.45) is 6.91. The molecular weight excluding hydrogens is 491 g/mol. The van der Waals surface area contributed by atoms with Crippen LogP contribution in [0.4, 0.5) is 11.5 Å². The average molecular weight is 515 g/mol. The highest BCUT2D eigenvalue weighted by atomic mass is 35.5.